The second-order valence-electron chi connectivity index (χ2n) is 7.23. The summed E-state index contributed by atoms with van der Waals surface area (Å²) in [5, 5.41) is 2.89. The zero-order valence-electron chi connectivity index (χ0n) is 15.9. The van der Waals surface area contributed by atoms with Gasteiger partial charge in [-0.3, -0.25) is 4.79 Å². The van der Waals surface area contributed by atoms with Crippen molar-refractivity contribution in [3.63, 3.8) is 0 Å². The Morgan fingerprint density at radius 1 is 1.35 bits per heavy atom. The minimum Gasteiger partial charge on any atom is -0.489 e. The van der Waals surface area contributed by atoms with Crippen molar-refractivity contribution in [1.29, 1.82) is 0 Å². The lowest BCUT2D eigenvalue weighted by Crippen LogP contribution is -2.40. The van der Waals surface area contributed by atoms with Gasteiger partial charge in [0.15, 0.2) is 6.29 Å². The molecule has 1 saturated heterocycles. The minimum atomic E-state index is -0.533. The van der Waals surface area contributed by atoms with Crippen LogP contribution in [-0.2, 0) is 9.47 Å². The number of aldehydes is 1. The highest BCUT2D eigenvalue weighted by Gasteiger charge is 2.29. The standard InChI is InChI=1S/C19H28N2O5/c1-19(2,3)26-18(23)20-15-8-9-21(12-15)17-14(13-22)6-5-7-16(17)25-11-10-24-4/h5-7,13,15H,8-12H2,1-4H3,(H,20,23)/t15-/m0/s1. The molecular formula is C19H28N2O5. The molecule has 1 amide bonds. The molecule has 1 N–H and O–H groups in total. The molecule has 1 aromatic rings. The molecule has 26 heavy (non-hydrogen) atoms. The van der Waals surface area contributed by atoms with Gasteiger partial charge in [-0.25, -0.2) is 4.79 Å². The molecule has 1 heterocycles. The summed E-state index contributed by atoms with van der Waals surface area (Å²) in [5.74, 6) is 0.643. The predicted octanol–water partition coefficient (Wildman–Crippen LogP) is 2.63. The number of para-hydroxylation sites is 1. The number of hydrogen-bond donors (Lipinski definition) is 1. The van der Waals surface area contributed by atoms with Crippen molar-refractivity contribution < 1.29 is 23.8 Å². The molecule has 0 unspecified atom stereocenters. The van der Waals surface area contributed by atoms with E-state index in [9.17, 15) is 9.59 Å². The molecule has 0 radical (unpaired) electrons. The normalized spacial score (nSPS) is 17.1. The van der Waals surface area contributed by atoms with Crippen LogP contribution in [0.3, 0.4) is 0 Å². The fraction of sp³-hybridized carbons (Fsp3) is 0.579. The molecule has 7 heteroatoms. The maximum absolute atomic E-state index is 12.0. The van der Waals surface area contributed by atoms with Crippen molar-refractivity contribution in [1.82, 2.24) is 5.32 Å². The second kappa shape index (κ2) is 8.89. The van der Waals surface area contributed by atoms with Crippen LogP contribution in [0.15, 0.2) is 18.2 Å². The summed E-state index contributed by atoms with van der Waals surface area (Å²) in [5.41, 5.74) is 0.791. The van der Waals surface area contributed by atoms with Crippen molar-refractivity contribution in [2.24, 2.45) is 0 Å². The molecule has 1 aromatic carbocycles. The zero-order valence-corrected chi connectivity index (χ0v) is 15.9. The van der Waals surface area contributed by atoms with Crippen molar-refractivity contribution in [2.75, 3.05) is 38.3 Å². The van der Waals surface area contributed by atoms with E-state index in [1.165, 1.54) is 0 Å². The average molecular weight is 364 g/mol. The summed E-state index contributed by atoms with van der Waals surface area (Å²) in [7, 11) is 1.61. The van der Waals surface area contributed by atoms with Gasteiger partial charge in [-0.1, -0.05) is 6.07 Å². The van der Waals surface area contributed by atoms with Crippen LogP contribution < -0.4 is 15.0 Å². The van der Waals surface area contributed by atoms with E-state index in [1.54, 1.807) is 19.2 Å². The highest BCUT2D eigenvalue weighted by atomic mass is 16.6. The van der Waals surface area contributed by atoms with E-state index in [1.807, 2.05) is 26.8 Å². The quantitative estimate of drug-likeness (QED) is 0.592. The Morgan fingerprint density at radius 3 is 2.77 bits per heavy atom. The van der Waals surface area contributed by atoms with E-state index in [2.05, 4.69) is 10.2 Å². The Morgan fingerprint density at radius 2 is 2.12 bits per heavy atom. The van der Waals surface area contributed by atoms with Gasteiger partial charge in [0.2, 0.25) is 0 Å². The minimum absolute atomic E-state index is 0.0450. The van der Waals surface area contributed by atoms with Crippen LogP contribution in [0.5, 0.6) is 5.75 Å². The number of benzene rings is 1. The molecule has 1 aliphatic heterocycles. The SMILES string of the molecule is COCCOc1cccc(C=O)c1N1CC[C@H](NC(=O)OC(C)(C)C)C1. The number of methoxy groups -OCH3 is 1. The van der Waals surface area contributed by atoms with E-state index in [4.69, 9.17) is 14.2 Å². The summed E-state index contributed by atoms with van der Waals surface area (Å²) >= 11 is 0. The zero-order chi connectivity index (χ0) is 19.2. The Hall–Kier alpha value is -2.28. The largest absolute Gasteiger partial charge is 0.489 e. The number of amides is 1. The van der Waals surface area contributed by atoms with Crippen LogP contribution in [0.2, 0.25) is 0 Å². The Labute approximate surface area is 154 Å². The monoisotopic (exact) mass is 364 g/mol. The summed E-state index contributed by atoms with van der Waals surface area (Å²) in [6, 6.07) is 5.35. The predicted molar refractivity (Wildman–Crippen MR) is 99.2 cm³/mol. The lowest BCUT2D eigenvalue weighted by molar-refractivity contribution is 0.0509. The van der Waals surface area contributed by atoms with E-state index >= 15 is 0 Å². The maximum atomic E-state index is 12.0. The second-order valence-corrected chi connectivity index (χ2v) is 7.23. The van der Waals surface area contributed by atoms with Gasteiger partial charge in [-0.15, -0.1) is 0 Å². The van der Waals surface area contributed by atoms with Gasteiger partial charge in [0.1, 0.15) is 18.0 Å². The van der Waals surface area contributed by atoms with Gasteiger partial charge in [0.05, 0.1) is 18.3 Å². The third-order valence-corrected chi connectivity index (χ3v) is 3.93. The number of nitrogens with one attached hydrogen (secondary N) is 1. The number of carbonyl (C=O) groups is 2. The molecule has 2 rings (SSSR count). The molecule has 0 aromatic heterocycles. The van der Waals surface area contributed by atoms with Gasteiger partial charge in [-0.05, 0) is 39.3 Å². The summed E-state index contributed by atoms with van der Waals surface area (Å²) < 4.78 is 16.1. The Kier molecular flexibility index (Phi) is 6.85. The van der Waals surface area contributed by atoms with Gasteiger partial charge in [0.25, 0.3) is 0 Å². The molecule has 0 bridgehead atoms. The number of rotatable bonds is 7. The third-order valence-electron chi connectivity index (χ3n) is 3.93. The topological polar surface area (TPSA) is 77.1 Å². The first-order valence-corrected chi connectivity index (χ1v) is 8.78. The molecule has 0 spiro atoms. The smallest absolute Gasteiger partial charge is 0.407 e. The van der Waals surface area contributed by atoms with E-state index < -0.39 is 11.7 Å². The van der Waals surface area contributed by atoms with Crippen molar-refractivity contribution in [3.8, 4) is 5.75 Å². The molecule has 1 atom stereocenters. The highest BCUT2D eigenvalue weighted by Crippen LogP contribution is 2.34. The van der Waals surface area contributed by atoms with Crippen LogP contribution >= 0.6 is 0 Å². The van der Waals surface area contributed by atoms with Crippen LogP contribution in [0.1, 0.15) is 37.6 Å². The Balaban J connectivity index is 2.07. The van der Waals surface area contributed by atoms with Crippen molar-refractivity contribution in [2.45, 2.75) is 38.8 Å². The number of anilines is 1. The summed E-state index contributed by atoms with van der Waals surface area (Å²) in [6.45, 7) is 7.66. The first-order valence-electron chi connectivity index (χ1n) is 8.78. The number of nitrogens with zero attached hydrogens (tertiary/aromatic N) is 1. The third kappa shape index (κ3) is 5.62. The van der Waals surface area contributed by atoms with Crippen LogP contribution in [-0.4, -0.2) is 57.4 Å². The van der Waals surface area contributed by atoms with Crippen LogP contribution in [0.4, 0.5) is 10.5 Å². The number of alkyl carbamates (subject to hydrolysis) is 1. The van der Waals surface area contributed by atoms with Crippen LogP contribution in [0.25, 0.3) is 0 Å². The first kappa shape index (κ1) is 20.0. The van der Waals surface area contributed by atoms with Gasteiger partial charge >= 0.3 is 6.09 Å². The average Bonchev–Trinajstić information content (AvgIpc) is 3.00. The van der Waals surface area contributed by atoms with Crippen molar-refractivity contribution >= 4 is 18.1 Å². The molecule has 144 valence electrons. The molecular weight excluding hydrogens is 336 g/mol. The fourth-order valence-corrected chi connectivity index (χ4v) is 2.88. The Bertz CT molecular complexity index is 627. The number of hydrogen-bond acceptors (Lipinski definition) is 6. The van der Waals surface area contributed by atoms with E-state index in [0.717, 1.165) is 18.4 Å². The van der Waals surface area contributed by atoms with Crippen LogP contribution in [0, 0.1) is 0 Å². The molecule has 1 fully saturated rings. The summed E-state index contributed by atoms with van der Waals surface area (Å²) in [4.78, 5) is 25.5. The van der Waals surface area contributed by atoms with Gasteiger partial charge < -0.3 is 24.4 Å². The fourth-order valence-electron chi connectivity index (χ4n) is 2.88. The number of carbonyl (C=O) groups excluding carboxylic acids is 2. The summed E-state index contributed by atoms with van der Waals surface area (Å²) in [6.07, 6.45) is 1.17. The van der Waals surface area contributed by atoms with E-state index in [0.29, 0.717) is 37.6 Å². The van der Waals surface area contributed by atoms with E-state index in [-0.39, 0.29) is 6.04 Å². The lowest BCUT2D eigenvalue weighted by atomic mass is 10.1. The highest BCUT2D eigenvalue weighted by molar-refractivity contribution is 5.87. The van der Waals surface area contributed by atoms with Gasteiger partial charge in [-0.2, -0.15) is 0 Å². The van der Waals surface area contributed by atoms with Gasteiger partial charge in [0, 0.05) is 25.8 Å². The molecule has 1 aliphatic rings. The van der Waals surface area contributed by atoms with Crippen molar-refractivity contribution in [3.05, 3.63) is 23.8 Å². The molecule has 0 saturated carbocycles. The molecule has 7 nitrogen and oxygen atoms in total. The maximum Gasteiger partial charge on any atom is 0.407 e. The first-order chi connectivity index (χ1) is 12.3. The lowest BCUT2D eigenvalue weighted by Gasteiger charge is -2.24. The number of ether oxygens (including phenoxy) is 3. The molecule has 0 aliphatic carbocycles.